The summed E-state index contributed by atoms with van der Waals surface area (Å²) in [5.41, 5.74) is -0.569. The van der Waals surface area contributed by atoms with E-state index in [4.69, 9.17) is 8.92 Å². The molecular weight excluding hydrogens is 282 g/mol. The first-order valence-electron chi connectivity index (χ1n) is 6.87. The molecule has 0 saturated carbocycles. The Labute approximate surface area is 121 Å². The van der Waals surface area contributed by atoms with Crippen LogP contribution in [0.5, 0.6) is 0 Å². The minimum Gasteiger partial charge on any atom is -0.444 e. The minimum absolute atomic E-state index is 0.270. The smallest absolute Gasteiger partial charge is 0.410 e. The van der Waals surface area contributed by atoms with Gasteiger partial charge in [0.2, 0.25) is 0 Å². The highest BCUT2D eigenvalue weighted by Gasteiger charge is 2.35. The fraction of sp³-hybridized carbons (Fsp3) is 0.923. The predicted molar refractivity (Wildman–Crippen MR) is 76.0 cm³/mol. The van der Waals surface area contributed by atoms with E-state index in [9.17, 15) is 13.2 Å². The molecular formula is C13H25NO5S. The summed E-state index contributed by atoms with van der Waals surface area (Å²) in [6.45, 7) is 7.66. The number of hydrogen-bond acceptors (Lipinski definition) is 5. The van der Waals surface area contributed by atoms with Crippen LogP contribution in [-0.4, -0.2) is 50.0 Å². The van der Waals surface area contributed by atoms with Crippen molar-refractivity contribution in [1.82, 2.24) is 4.90 Å². The molecule has 0 bridgehead atoms. The van der Waals surface area contributed by atoms with Crippen LogP contribution in [0.15, 0.2) is 0 Å². The van der Waals surface area contributed by atoms with Gasteiger partial charge in [-0.2, -0.15) is 8.42 Å². The fourth-order valence-electron chi connectivity index (χ4n) is 2.33. The molecule has 0 unspecified atom stereocenters. The van der Waals surface area contributed by atoms with E-state index in [1.807, 2.05) is 0 Å². The Bertz CT molecular complexity index is 440. The summed E-state index contributed by atoms with van der Waals surface area (Å²) in [7, 11) is -3.54. The number of likely N-dealkylation sites (tertiary alicyclic amines) is 1. The van der Waals surface area contributed by atoms with Crippen LogP contribution in [0, 0.1) is 0 Å². The number of ether oxygens (including phenoxy) is 1. The molecule has 0 aromatic heterocycles. The number of amides is 1. The molecule has 6 nitrogen and oxygen atoms in total. The van der Waals surface area contributed by atoms with Crippen LogP contribution in [0.1, 0.15) is 47.0 Å². The van der Waals surface area contributed by atoms with Crippen LogP contribution in [-0.2, 0) is 19.0 Å². The molecule has 20 heavy (non-hydrogen) atoms. The first-order valence-corrected chi connectivity index (χ1v) is 8.69. The van der Waals surface area contributed by atoms with Crippen molar-refractivity contribution in [2.75, 3.05) is 12.8 Å². The molecule has 7 heteroatoms. The van der Waals surface area contributed by atoms with Gasteiger partial charge in [0.15, 0.2) is 0 Å². The normalized spacial score (nSPS) is 22.4. The summed E-state index contributed by atoms with van der Waals surface area (Å²) in [5, 5.41) is 0. The third kappa shape index (κ3) is 5.66. The second-order valence-electron chi connectivity index (χ2n) is 6.24. The fourth-order valence-corrected chi connectivity index (χ4v) is 3.01. The summed E-state index contributed by atoms with van der Waals surface area (Å²) in [5.74, 6) is 0. The quantitative estimate of drug-likeness (QED) is 0.747. The average Bonchev–Trinajstić information content (AvgIpc) is 2.24. The van der Waals surface area contributed by atoms with Gasteiger partial charge in [-0.1, -0.05) is 0 Å². The number of hydrogen-bond donors (Lipinski definition) is 0. The van der Waals surface area contributed by atoms with Gasteiger partial charge in [0.1, 0.15) is 5.60 Å². The Morgan fingerprint density at radius 2 is 1.90 bits per heavy atom. The summed E-state index contributed by atoms with van der Waals surface area (Å²) in [6, 6.07) is -0.270. The topological polar surface area (TPSA) is 72.9 Å². The van der Waals surface area contributed by atoms with E-state index in [1.54, 1.807) is 32.6 Å². The first kappa shape index (κ1) is 17.2. The van der Waals surface area contributed by atoms with Crippen LogP contribution < -0.4 is 0 Å². The minimum atomic E-state index is -3.54. The number of nitrogens with zero attached hydrogens (tertiary/aromatic N) is 1. The van der Waals surface area contributed by atoms with Gasteiger partial charge in [-0.05, 0) is 47.0 Å². The average molecular weight is 307 g/mol. The van der Waals surface area contributed by atoms with Crippen molar-refractivity contribution in [3.63, 3.8) is 0 Å². The van der Waals surface area contributed by atoms with E-state index in [-0.39, 0.29) is 6.04 Å². The highest BCUT2D eigenvalue weighted by molar-refractivity contribution is 7.86. The van der Waals surface area contributed by atoms with Gasteiger partial charge < -0.3 is 9.64 Å². The third-order valence-electron chi connectivity index (χ3n) is 3.05. The molecule has 1 rings (SSSR count). The molecule has 1 fully saturated rings. The van der Waals surface area contributed by atoms with Gasteiger partial charge in [-0.3, -0.25) is 4.18 Å². The molecule has 0 spiro atoms. The van der Waals surface area contributed by atoms with Crippen molar-refractivity contribution in [2.45, 2.75) is 64.7 Å². The monoisotopic (exact) mass is 307 g/mol. The lowest BCUT2D eigenvalue weighted by Gasteiger charge is -2.39. The summed E-state index contributed by atoms with van der Waals surface area (Å²) >= 11 is 0. The van der Waals surface area contributed by atoms with Crippen molar-refractivity contribution in [3.8, 4) is 0 Å². The molecule has 118 valence electrons. The highest BCUT2D eigenvalue weighted by atomic mass is 32.2. The van der Waals surface area contributed by atoms with E-state index < -0.39 is 27.9 Å². The Balaban J connectivity index is 2.78. The molecule has 1 amide bonds. The predicted octanol–water partition coefficient (Wildman–Crippen LogP) is 2.14. The second kappa shape index (κ2) is 6.30. The molecule has 0 aromatic rings. The van der Waals surface area contributed by atoms with Gasteiger partial charge >= 0.3 is 6.09 Å². The molecule has 0 radical (unpaired) electrons. The van der Waals surface area contributed by atoms with Crippen LogP contribution in [0.2, 0.25) is 0 Å². The van der Waals surface area contributed by atoms with Gasteiger partial charge in [0, 0.05) is 6.54 Å². The second-order valence-corrected chi connectivity index (χ2v) is 7.84. The van der Waals surface area contributed by atoms with E-state index in [1.165, 1.54) is 0 Å². The zero-order chi connectivity index (χ0) is 15.6. The van der Waals surface area contributed by atoms with Gasteiger partial charge in [0.05, 0.1) is 18.4 Å². The molecule has 1 aliphatic heterocycles. The van der Waals surface area contributed by atoms with Crippen molar-refractivity contribution in [1.29, 1.82) is 0 Å². The van der Waals surface area contributed by atoms with E-state index in [0.29, 0.717) is 6.54 Å². The maximum absolute atomic E-state index is 12.2. The maximum Gasteiger partial charge on any atom is 0.410 e. The number of carbonyl (C=O) groups excluding carboxylic acids is 1. The van der Waals surface area contributed by atoms with Crippen LogP contribution in [0.4, 0.5) is 4.79 Å². The van der Waals surface area contributed by atoms with E-state index >= 15 is 0 Å². The van der Waals surface area contributed by atoms with Crippen molar-refractivity contribution < 1.29 is 22.1 Å². The zero-order valence-electron chi connectivity index (χ0n) is 12.9. The zero-order valence-corrected chi connectivity index (χ0v) is 13.7. The van der Waals surface area contributed by atoms with Crippen molar-refractivity contribution in [3.05, 3.63) is 0 Å². The molecule has 0 N–H and O–H groups in total. The summed E-state index contributed by atoms with van der Waals surface area (Å²) in [6.07, 6.45) is 2.59. The van der Waals surface area contributed by atoms with Crippen molar-refractivity contribution in [2.24, 2.45) is 0 Å². The number of rotatable bonds is 3. The van der Waals surface area contributed by atoms with E-state index in [0.717, 1.165) is 25.5 Å². The third-order valence-corrected chi connectivity index (χ3v) is 3.70. The Kier molecular flexibility index (Phi) is 5.43. The van der Waals surface area contributed by atoms with Gasteiger partial charge in [-0.15, -0.1) is 0 Å². The lowest BCUT2D eigenvalue weighted by molar-refractivity contribution is -0.00719. The first-order chi connectivity index (χ1) is 8.99. The number of carbonyl (C=O) groups is 1. The van der Waals surface area contributed by atoms with Crippen LogP contribution in [0.25, 0.3) is 0 Å². The largest absolute Gasteiger partial charge is 0.444 e. The molecule has 1 aliphatic rings. The number of piperidine rings is 1. The molecule has 1 heterocycles. The SMILES string of the molecule is C[C@@H](OS(C)(=O)=O)[C@@H]1CCCCN1C(=O)OC(C)(C)C. The maximum atomic E-state index is 12.2. The van der Waals surface area contributed by atoms with Gasteiger partial charge in [0.25, 0.3) is 10.1 Å². The Morgan fingerprint density at radius 3 is 2.40 bits per heavy atom. The highest BCUT2D eigenvalue weighted by Crippen LogP contribution is 2.24. The molecule has 2 atom stereocenters. The van der Waals surface area contributed by atoms with E-state index in [2.05, 4.69) is 0 Å². The van der Waals surface area contributed by atoms with Crippen LogP contribution >= 0.6 is 0 Å². The Hall–Kier alpha value is -0.820. The summed E-state index contributed by atoms with van der Waals surface area (Å²) < 4.78 is 32.8. The molecule has 0 aromatic carbocycles. The molecule has 0 aliphatic carbocycles. The lowest BCUT2D eigenvalue weighted by Crippen LogP contribution is -2.51. The lowest BCUT2D eigenvalue weighted by atomic mass is 9.99. The molecule has 1 saturated heterocycles. The standard InChI is InChI=1S/C13H25NO5S/c1-10(19-20(5,16)17)11-8-6-7-9-14(11)12(15)18-13(2,3)4/h10-11H,6-9H2,1-5H3/t10-,11+/m1/s1. The van der Waals surface area contributed by atoms with Gasteiger partial charge in [-0.25, -0.2) is 4.79 Å². The van der Waals surface area contributed by atoms with Crippen LogP contribution in [0.3, 0.4) is 0 Å². The summed E-state index contributed by atoms with van der Waals surface area (Å²) in [4.78, 5) is 13.8. The van der Waals surface area contributed by atoms with Crippen molar-refractivity contribution >= 4 is 16.2 Å². The Morgan fingerprint density at radius 1 is 1.30 bits per heavy atom.